The van der Waals surface area contributed by atoms with Crippen LogP contribution in [0.1, 0.15) is 64.7 Å². The molecule has 0 unspecified atom stereocenters. The van der Waals surface area contributed by atoms with Crippen LogP contribution in [0.25, 0.3) is 0 Å². The summed E-state index contributed by atoms with van der Waals surface area (Å²) in [6.45, 7) is 2.19. The Balaban J connectivity index is 2.31. The van der Waals surface area contributed by atoms with E-state index in [1.807, 2.05) is 6.08 Å². The van der Waals surface area contributed by atoms with Gasteiger partial charge in [0.1, 0.15) is 6.29 Å². The second kappa shape index (κ2) is 9.13. The molecule has 1 saturated carbocycles. The number of hydrogen-bond donors (Lipinski definition) is 2. The first kappa shape index (κ1) is 16.2. The average molecular weight is 268 g/mol. The van der Waals surface area contributed by atoms with Crippen LogP contribution in [0, 0.1) is 11.8 Å². The molecule has 110 valence electrons. The molecule has 3 atom stereocenters. The topological polar surface area (TPSA) is 57.5 Å². The van der Waals surface area contributed by atoms with Crippen molar-refractivity contribution in [1.82, 2.24) is 0 Å². The molecule has 2 N–H and O–H groups in total. The Morgan fingerprint density at radius 2 is 2.00 bits per heavy atom. The minimum absolute atomic E-state index is 0.0952. The lowest BCUT2D eigenvalue weighted by molar-refractivity contribution is -0.108. The smallest absolute Gasteiger partial charge is 0.120 e. The number of aliphatic hydroxyl groups excluding tert-OH is 2. The van der Waals surface area contributed by atoms with Gasteiger partial charge in [-0.2, -0.15) is 0 Å². The Hall–Kier alpha value is -0.830. The molecule has 1 fully saturated rings. The van der Waals surface area contributed by atoms with Crippen LogP contribution >= 0.6 is 0 Å². The summed E-state index contributed by atoms with van der Waals surface area (Å²) in [5.41, 5.74) is 0. The van der Waals surface area contributed by atoms with Crippen LogP contribution in [0.4, 0.5) is 0 Å². The Kier molecular flexibility index (Phi) is 7.80. The molecule has 0 amide bonds. The van der Waals surface area contributed by atoms with Crippen LogP contribution in [0.3, 0.4) is 0 Å². The highest BCUT2D eigenvalue weighted by Crippen LogP contribution is 2.37. The Bertz CT molecular complexity index is 286. The van der Waals surface area contributed by atoms with Crippen molar-refractivity contribution in [3.63, 3.8) is 0 Å². The second-order valence-corrected chi connectivity index (χ2v) is 5.72. The first-order valence-corrected chi connectivity index (χ1v) is 7.69. The van der Waals surface area contributed by atoms with E-state index in [0.717, 1.165) is 32.0 Å². The maximum Gasteiger partial charge on any atom is 0.120 e. The van der Waals surface area contributed by atoms with Gasteiger partial charge >= 0.3 is 0 Å². The number of aliphatic hydroxyl groups is 2. The number of carbonyl (C=O) groups excluding carboxylic acids is 1. The third-order valence-corrected chi connectivity index (χ3v) is 4.14. The predicted molar refractivity (Wildman–Crippen MR) is 77.0 cm³/mol. The standard InChI is InChI=1S/C16H28O3/c1-2-3-4-5-6-9-15(18)14-11-13(8-7-10-17)16(19)12-14/h9-10,13-14,16,18-19H,2-8,11-12H2,1H3/t13-,14+,16+/m1/s1. The van der Waals surface area contributed by atoms with Crippen molar-refractivity contribution >= 4 is 6.29 Å². The highest BCUT2D eigenvalue weighted by atomic mass is 16.3. The Morgan fingerprint density at radius 1 is 1.21 bits per heavy atom. The fourth-order valence-corrected chi connectivity index (χ4v) is 2.92. The molecule has 3 nitrogen and oxygen atoms in total. The molecule has 1 rings (SSSR count). The third kappa shape index (κ3) is 5.77. The van der Waals surface area contributed by atoms with E-state index in [0.29, 0.717) is 18.6 Å². The van der Waals surface area contributed by atoms with Gasteiger partial charge < -0.3 is 15.0 Å². The van der Waals surface area contributed by atoms with Gasteiger partial charge in [0.2, 0.25) is 0 Å². The minimum atomic E-state index is -0.361. The van der Waals surface area contributed by atoms with E-state index in [2.05, 4.69) is 6.92 Å². The van der Waals surface area contributed by atoms with Crippen molar-refractivity contribution in [3.05, 3.63) is 11.8 Å². The van der Waals surface area contributed by atoms with Gasteiger partial charge in [0.25, 0.3) is 0 Å². The van der Waals surface area contributed by atoms with Crippen molar-refractivity contribution in [2.45, 2.75) is 70.8 Å². The van der Waals surface area contributed by atoms with E-state index in [-0.39, 0.29) is 17.9 Å². The van der Waals surface area contributed by atoms with Gasteiger partial charge in [-0.3, -0.25) is 0 Å². The molecule has 0 saturated heterocycles. The second-order valence-electron chi connectivity index (χ2n) is 5.72. The molecule has 0 heterocycles. The number of carbonyl (C=O) groups is 1. The summed E-state index contributed by atoms with van der Waals surface area (Å²) in [5.74, 6) is 0.716. The maximum atomic E-state index is 10.4. The van der Waals surface area contributed by atoms with Crippen LogP contribution in [0.5, 0.6) is 0 Å². The lowest BCUT2D eigenvalue weighted by Gasteiger charge is -2.11. The number of unbranched alkanes of at least 4 members (excludes halogenated alkanes) is 4. The number of hydrogen-bond acceptors (Lipinski definition) is 3. The summed E-state index contributed by atoms with van der Waals surface area (Å²) in [4.78, 5) is 10.4. The van der Waals surface area contributed by atoms with Crippen LogP contribution in [0.15, 0.2) is 11.8 Å². The zero-order valence-electron chi connectivity index (χ0n) is 12.1. The fourth-order valence-electron chi connectivity index (χ4n) is 2.92. The zero-order chi connectivity index (χ0) is 14.1. The average Bonchev–Trinajstić information content (AvgIpc) is 2.77. The van der Waals surface area contributed by atoms with E-state index >= 15 is 0 Å². The van der Waals surface area contributed by atoms with Gasteiger partial charge in [-0.1, -0.05) is 26.2 Å². The van der Waals surface area contributed by atoms with Gasteiger partial charge in [0.15, 0.2) is 0 Å². The van der Waals surface area contributed by atoms with Gasteiger partial charge in [-0.15, -0.1) is 0 Å². The number of aldehydes is 1. The van der Waals surface area contributed by atoms with Gasteiger partial charge in [-0.05, 0) is 44.1 Å². The molecule has 0 radical (unpaired) electrons. The van der Waals surface area contributed by atoms with Crippen LogP contribution in [0.2, 0.25) is 0 Å². The quantitative estimate of drug-likeness (QED) is 0.380. The molecule has 0 bridgehead atoms. The Labute approximate surface area is 116 Å². The minimum Gasteiger partial charge on any atom is -0.512 e. The summed E-state index contributed by atoms with van der Waals surface area (Å²) in [7, 11) is 0. The third-order valence-electron chi connectivity index (χ3n) is 4.14. The van der Waals surface area contributed by atoms with E-state index in [9.17, 15) is 15.0 Å². The number of allylic oxidation sites excluding steroid dienone is 2. The molecule has 19 heavy (non-hydrogen) atoms. The molecule has 0 aromatic rings. The summed E-state index contributed by atoms with van der Waals surface area (Å²) < 4.78 is 0. The van der Waals surface area contributed by atoms with Crippen LogP contribution < -0.4 is 0 Å². The summed E-state index contributed by atoms with van der Waals surface area (Å²) >= 11 is 0. The van der Waals surface area contributed by atoms with E-state index in [1.54, 1.807) is 0 Å². The van der Waals surface area contributed by atoms with Crippen molar-refractivity contribution in [3.8, 4) is 0 Å². The number of rotatable bonds is 9. The lowest BCUT2D eigenvalue weighted by atomic mass is 9.98. The zero-order valence-corrected chi connectivity index (χ0v) is 12.1. The molecule has 0 aromatic heterocycles. The largest absolute Gasteiger partial charge is 0.512 e. The van der Waals surface area contributed by atoms with Crippen LogP contribution in [-0.2, 0) is 4.79 Å². The van der Waals surface area contributed by atoms with Crippen molar-refractivity contribution in [2.24, 2.45) is 11.8 Å². The first-order valence-electron chi connectivity index (χ1n) is 7.69. The van der Waals surface area contributed by atoms with E-state index in [4.69, 9.17) is 0 Å². The predicted octanol–water partition coefficient (Wildman–Crippen LogP) is 3.76. The van der Waals surface area contributed by atoms with Gasteiger partial charge in [0, 0.05) is 12.3 Å². The van der Waals surface area contributed by atoms with Gasteiger partial charge in [-0.25, -0.2) is 0 Å². The molecule has 1 aliphatic rings. The highest BCUT2D eigenvalue weighted by Gasteiger charge is 2.34. The fraction of sp³-hybridized carbons (Fsp3) is 0.812. The summed E-state index contributed by atoms with van der Waals surface area (Å²) in [6.07, 6.45) is 10.9. The van der Waals surface area contributed by atoms with Gasteiger partial charge in [0.05, 0.1) is 11.9 Å². The van der Waals surface area contributed by atoms with E-state index < -0.39 is 0 Å². The molecule has 3 heteroatoms. The van der Waals surface area contributed by atoms with Crippen molar-refractivity contribution in [1.29, 1.82) is 0 Å². The van der Waals surface area contributed by atoms with Crippen molar-refractivity contribution in [2.75, 3.05) is 0 Å². The van der Waals surface area contributed by atoms with E-state index in [1.165, 1.54) is 19.3 Å². The Morgan fingerprint density at radius 3 is 2.68 bits per heavy atom. The molecule has 1 aliphatic carbocycles. The summed E-state index contributed by atoms with van der Waals surface area (Å²) in [6, 6.07) is 0. The van der Waals surface area contributed by atoms with Crippen LogP contribution in [-0.4, -0.2) is 22.6 Å². The maximum absolute atomic E-state index is 10.4. The normalized spacial score (nSPS) is 27.7. The molecule has 0 spiro atoms. The first-order chi connectivity index (χ1) is 9.19. The molecule has 0 aromatic carbocycles. The summed E-state index contributed by atoms with van der Waals surface area (Å²) in [5, 5.41) is 20.0. The monoisotopic (exact) mass is 268 g/mol. The highest BCUT2D eigenvalue weighted by molar-refractivity contribution is 5.49. The molecular weight excluding hydrogens is 240 g/mol. The molecular formula is C16H28O3. The lowest BCUT2D eigenvalue weighted by Crippen LogP contribution is -2.12. The van der Waals surface area contributed by atoms with Crippen molar-refractivity contribution < 1.29 is 15.0 Å². The SMILES string of the molecule is CCCCCCC=C(O)[C@H]1C[C@@H](CCC=O)[C@@H](O)C1. The molecule has 0 aliphatic heterocycles.